The monoisotopic (exact) mass is 636 g/mol. The fourth-order valence-electron chi connectivity index (χ4n) is 7.84. The quantitative estimate of drug-likeness (QED) is 0.178. The van der Waals surface area contributed by atoms with Gasteiger partial charge in [-0.25, -0.2) is 0 Å². The molecule has 0 aliphatic rings. The Bertz CT molecular complexity index is 2770. The van der Waals surface area contributed by atoms with Crippen molar-refractivity contribution in [2.75, 3.05) is 0 Å². The van der Waals surface area contributed by atoms with Crippen LogP contribution in [0.15, 0.2) is 194 Å². The van der Waals surface area contributed by atoms with Crippen LogP contribution in [0.25, 0.3) is 88.4 Å². The number of para-hydroxylation sites is 3. The highest BCUT2D eigenvalue weighted by Crippen LogP contribution is 2.43. The molecule has 0 spiro atoms. The third kappa shape index (κ3) is 4.50. The molecule has 50 heavy (non-hydrogen) atoms. The SMILES string of the molecule is c1ccc(-c2cc(-c3ccccc3)cc(-n3c4ccccc4c4cc5c6cccc(-c7ccccc7)c6n(-c6ccccc6)c5cc43)c2)cc1. The summed E-state index contributed by atoms with van der Waals surface area (Å²) in [6.45, 7) is 0. The molecule has 2 aromatic heterocycles. The van der Waals surface area contributed by atoms with Crippen molar-refractivity contribution in [2.24, 2.45) is 0 Å². The average molecular weight is 637 g/mol. The zero-order chi connectivity index (χ0) is 33.0. The van der Waals surface area contributed by atoms with E-state index in [-0.39, 0.29) is 0 Å². The maximum absolute atomic E-state index is 2.47. The Morgan fingerprint density at radius 3 is 1.44 bits per heavy atom. The lowest BCUT2D eigenvalue weighted by Gasteiger charge is -2.14. The zero-order valence-electron chi connectivity index (χ0n) is 27.4. The minimum atomic E-state index is 1.14. The molecule has 0 fully saturated rings. The van der Waals surface area contributed by atoms with Crippen LogP contribution in [-0.2, 0) is 0 Å². The Morgan fingerprint density at radius 2 is 0.780 bits per heavy atom. The second-order valence-corrected chi connectivity index (χ2v) is 13.0. The van der Waals surface area contributed by atoms with Crippen LogP contribution in [0, 0.1) is 0 Å². The number of hydrogen-bond acceptors (Lipinski definition) is 0. The van der Waals surface area contributed by atoms with Gasteiger partial charge in [0.25, 0.3) is 0 Å². The Kier molecular flexibility index (Phi) is 6.53. The maximum atomic E-state index is 2.47. The molecule has 0 N–H and O–H groups in total. The van der Waals surface area contributed by atoms with Crippen LogP contribution in [0.4, 0.5) is 0 Å². The average Bonchev–Trinajstić information content (AvgIpc) is 3.70. The third-order valence-corrected chi connectivity index (χ3v) is 10.1. The molecule has 234 valence electrons. The molecular weight excluding hydrogens is 605 g/mol. The fourth-order valence-corrected chi connectivity index (χ4v) is 7.84. The normalized spacial score (nSPS) is 11.6. The standard InChI is InChI=1S/C48H32N2/c1-5-16-33(17-6-1)36-28-37(34-18-7-2-8-19-34)30-39(29-36)49-45-27-14-13-24-41(45)43-31-44-42-26-15-25-40(35-20-9-3-10-21-35)48(42)50(47(44)32-46(43)49)38-22-11-4-12-23-38/h1-32H. The molecule has 10 aromatic rings. The Hall–Kier alpha value is -6.64. The van der Waals surface area contributed by atoms with Gasteiger partial charge in [0.05, 0.1) is 22.1 Å². The van der Waals surface area contributed by atoms with Gasteiger partial charge in [0.2, 0.25) is 0 Å². The lowest BCUT2D eigenvalue weighted by atomic mass is 9.98. The van der Waals surface area contributed by atoms with E-state index >= 15 is 0 Å². The Labute approximate surface area is 290 Å². The van der Waals surface area contributed by atoms with Gasteiger partial charge in [-0.3, -0.25) is 0 Å². The molecule has 0 saturated carbocycles. The summed E-state index contributed by atoms with van der Waals surface area (Å²) in [4.78, 5) is 0. The Morgan fingerprint density at radius 1 is 0.260 bits per heavy atom. The van der Waals surface area contributed by atoms with Crippen molar-refractivity contribution in [3.63, 3.8) is 0 Å². The molecule has 0 saturated heterocycles. The molecule has 2 heterocycles. The second kappa shape index (κ2) is 11.5. The zero-order valence-corrected chi connectivity index (χ0v) is 27.4. The second-order valence-electron chi connectivity index (χ2n) is 13.0. The molecule has 0 amide bonds. The number of fused-ring (bicyclic) bond motifs is 6. The third-order valence-electron chi connectivity index (χ3n) is 10.1. The first kappa shape index (κ1) is 28.4. The van der Waals surface area contributed by atoms with E-state index in [9.17, 15) is 0 Å². The lowest BCUT2D eigenvalue weighted by Crippen LogP contribution is -1.97. The van der Waals surface area contributed by atoms with Crippen molar-refractivity contribution in [1.29, 1.82) is 0 Å². The molecule has 2 nitrogen and oxygen atoms in total. The molecule has 0 radical (unpaired) electrons. The minimum absolute atomic E-state index is 1.14. The number of hydrogen-bond donors (Lipinski definition) is 0. The number of nitrogens with zero attached hydrogens (tertiary/aromatic N) is 2. The van der Waals surface area contributed by atoms with Gasteiger partial charge in [-0.1, -0.05) is 146 Å². The summed E-state index contributed by atoms with van der Waals surface area (Å²) < 4.78 is 4.93. The van der Waals surface area contributed by atoms with Crippen LogP contribution >= 0.6 is 0 Å². The van der Waals surface area contributed by atoms with Gasteiger partial charge in [-0.05, 0) is 76.3 Å². The van der Waals surface area contributed by atoms with Gasteiger partial charge >= 0.3 is 0 Å². The van der Waals surface area contributed by atoms with Crippen LogP contribution in [0.2, 0.25) is 0 Å². The molecule has 10 rings (SSSR count). The van der Waals surface area contributed by atoms with E-state index in [2.05, 4.69) is 203 Å². The first-order chi connectivity index (χ1) is 24.8. The summed E-state index contributed by atoms with van der Waals surface area (Å²) >= 11 is 0. The van der Waals surface area contributed by atoms with E-state index in [0.29, 0.717) is 0 Å². The summed E-state index contributed by atoms with van der Waals surface area (Å²) in [7, 11) is 0. The highest BCUT2D eigenvalue weighted by molar-refractivity contribution is 6.21. The highest BCUT2D eigenvalue weighted by atomic mass is 15.0. The van der Waals surface area contributed by atoms with E-state index < -0.39 is 0 Å². The maximum Gasteiger partial charge on any atom is 0.0619 e. The number of benzene rings is 8. The van der Waals surface area contributed by atoms with Crippen LogP contribution < -0.4 is 0 Å². The highest BCUT2D eigenvalue weighted by Gasteiger charge is 2.21. The largest absolute Gasteiger partial charge is 0.309 e. The molecule has 0 aliphatic carbocycles. The van der Waals surface area contributed by atoms with Gasteiger partial charge in [0, 0.05) is 38.5 Å². The van der Waals surface area contributed by atoms with E-state index in [1.165, 1.54) is 77.0 Å². The Balaban J connectivity index is 1.34. The molecule has 8 aromatic carbocycles. The first-order valence-electron chi connectivity index (χ1n) is 17.2. The summed E-state index contributed by atoms with van der Waals surface area (Å²) in [5.41, 5.74) is 14.3. The van der Waals surface area contributed by atoms with Crippen molar-refractivity contribution in [3.8, 4) is 44.8 Å². The minimum Gasteiger partial charge on any atom is -0.309 e. The first-order valence-corrected chi connectivity index (χ1v) is 17.2. The van der Waals surface area contributed by atoms with Crippen LogP contribution in [0.1, 0.15) is 0 Å². The van der Waals surface area contributed by atoms with E-state index in [0.717, 1.165) is 11.4 Å². The van der Waals surface area contributed by atoms with Crippen LogP contribution in [0.5, 0.6) is 0 Å². The summed E-state index contributed by atoms with van der Waals surface area (Å²) in [6.07, 6.45) is 0. The summed E-state index contributed by atoms with van der Waals surface area (Å²) in [5, 5.41) is 4.99. The van der Waals surface area contributed by atoms with Crippen LogP contribution in [0.3, 0.4) is 0 Å². The number of rotatable bonds is 5. The molecule has 0 bridgehead atoms. The van der Waals surface area contributed by atoms with Crippen molar-refractivity contribution < 1.29 is 0 Å². The van der Waals surface area contributed by atoms with Gasteiger partial charge in [-0.2, -0.15) is 0 Å². The topological polar surface area (TPSA) is 9.86 Å². The van der Waals surface area contributed by atoms with Crippen LogP contribution in [-0.4, -0.2) is 9.13 Å². The van der Waals surface area contributed by atoms with Crippen molar-refractivity contribution in [2.45, 2.75) is 0 Å². The van der Waals surface area contributed by atoms with Gasteiger partial charge in [0.1, 0.15) is 0 Å². The molecular formula is C48H32N2. The van der Waals surface area contributed by atoms with E-state index in [1.807, 2.05) is 0 Å². The predicted octanol–water partition coefficient (Wildman–Crippen LogP) is 12.9. The van der Waals surface area contributed by atoms with Crippen molar-refractivity contribution in [3.05, 3.63) is 194 Å². The van der Waals surface area contributed by atoms with E-state index in [4.69, 9.17) is 0 Å². The molecule has 0 atom stereocenters. The van der Waals surface area contributed by atoms with Gasteiger partial charge in [-0.15, -0.1) is 0 Å². The van der Waals surface area contributed by atoms with Crippen molar-refractivity contribution >= 4 is 43.6 Å². The molecule has 2 heteroatoms. The smallest absolute Gasteiger partial charge is 0.0619 e. The lowest BCUT2D eigenvalue weighted by molar-refractivity contribution is 1.17. The summed E-state index contributed by atoms with van der Waals surface area (Å²) in [6, 6.07) is 70.4. The van der Waals surface area contributed by atoms with Crippen molar-refractivity contribution in [1.82, 2.24) is 9.13 Å². The van der Waals surface area contributed by atoms with Gasteiger partial charge in [0.15, 0.2) is 0 Å². The summed E-state index contributed by atoms with van der Waals surface area (Å²) in [5.74, 6) is 0. The predicted molar refractivity (Wildman–Crippen MR) is 211 cm³/mol. The molecule has 0 aliphatic heterocycles. The fraction of sp³-hybridized carbons (Fsp3) is 0. The van der Waals surface area contributed by atoms with E-state index in [1.54, 1.807) is 0 Å². The van der Waals surface area contributed by atoms with Gasteiger partial charge < -0.3 is 9.13 Å². The molecule has 0 unspecified atom stereocenters. The number of aromatic nitrogens is 2.